The van der Waals surface area contributed by atoms with Crippen LogP contribution in [-0.2, 0) is 4.74 Å². The highest BCUT2D eigenvalue weighted by molar-refractivity contribution is 6.06. The number of carbonyl (C=O) groups excluding carboxylic acids is 2. The zero-order chi connectivity index (χ0) is 22.7. The fourth-order valence-electron chi connectivity index (χ4n) is 4.99. The van der Waals surface area contributed by atoms with Gasteiger partial charge < -0.3 is 24.4 Å². The van der Waals surface area contributed by atoms with Crippen molar-refractivity contribution in [2.24, 2.45) is 0 Å². The van der Waals surface area contributed by atoms with E-state index in [0.29, 0.717) is 18.6 Å². The van der Waals surface area contributed by atoms with Gasteiger partial charge in [0.15, 0.2) is 0 Å². The molecule has 2 aromatic rings. The van der Waals surface area contributed by atoms with Gasteiger partial charge in [0.05, 0.1) is 0 Å². The Hall–Kier alpha value is -2.58. The number of amides is 3. The molecule has 2 aliphatic rings. The molecule has 174 valence electrons. The molecule has 8 nitrogen and oxygen atoms in total. The van der Waals surface area contributed by atoms with Crippen molar-refractivity contribution in [2.75, 3.05) is 60.5 Å². The van der Waals surface area contributed by atoms with E-state index < -0.39 is 0 Å². The van der Waals surface area contributed by atoms with Crippen molar-refractivity contribution in [1.82, 2.24) is 24.6 Å². The van der Waals surface area contributed by atoms with Gasteiger partial charge in [-0.2, -0.15) is 0 Å². The fraction of sp³-hybridized carbons (Fsp3) is 0.583. The first-order valence-corrected chi connectivity index (χ1v) is 11.6. The molecule has 2 aliphatic heterocycles. The van der Waals surface area contributed by atoms with Gasteiger partial charge in [-0.25, -0.2) is 4.79 Å². The zero-order valence-corrected chi connectivity index (χ0v) is 19.4. The van der Waals surface area contributed by atoms with Crippen molar-refractivity contribution in [3.05, 3.63) is 36.0 Å². The van der Waals surface area contributed by atoms with E-state index in [2.05, 4.69) is 9.88 Å². The predicted octanol–water partition coefficient (Wildman–Crippen LogP) is 2.48. The van der Waals surface area contributed by atoms with Crippen LogP contribution in [0.4, 0.5) is 4.79 Å². The first-order valence-electron chi connectivity index (χ1n) is 11.6. The van der Waals surface area contributed by atoms with Gasteiger partial charge in [0.2, 0.25) is 0 Å². The lowest BCUT2D eigenvalue weighted by Crippen LogP contribution is -2.50. The van der Waals surface area contributed by atoms with Crippen LogP contribution in [0.25, 0.3) is 10.9 Å². The summed E-state index contributed by atoms with van der Waals surface area (Å²) in [7, 11) is 5.49. The molecule has 8 heteroatoms. The second-order valence-corrected chi connectivity index (χ2v) is 9.12. The van der Waals surface area contributed by atoms with Crippen molar-refractivity contribution >= 4 is 22.8 Å². The molecule has 3 heterocycles. The number of rotatable bonds is 6. The molecule has 0 bridgehead atoms. The Labute approximate surface area is 190 Å². The number of hydrogen-bond acceptors (Lipinski definition) is 4. The van der Waals surface area contributed by atoms with Gasteiger partial charge in [0.25, 0.3) is 5.91 Å². The average Bonchev–Trinajstić information content (AvgIpc) is 3.48. The van der Waals surface area contributed by atoms with E-state index in [1.54, 1.807) is 19.0 Å². The Bertz CT molecular complexity index is 937. The van der Waals surface area contributed by atoms with Crippen molar-refractivity contribution in [1.29, 1.82) is 0 Å². The normalized spacial score (nSPS) is 19.6. The molecule has 0 saturated carbocycles. The van der Waals surface area contributed by atoms with E-state index in [9.17, 15) is 9.59 Å². The smallest absolute Gasteiger partial charge is 0.319 e. The van der Waals surface area contributed by atoms with E-state index >= 15 is 0 Å². The van der Waals surface area contributed by atoms with E-state index in [0.717, 1.165) is 68.6 Å². The number of nitrogens with one attached hydrogen (secondary N) is 1. The summed E-state index contributed by atoms with van der Waals surface area (Å²) >= 11 is 0. The number of benzene rings is 1. The quantitative estimate of drug-likeness (QED) is 0.748. The molecule has 1 unspecified atom stereocenters. The van der Waals surface area contributed by atoms with Crippen molar-refractivity contribution in [3.8, 4) is 0 Å². The summed E-state index contributed by atoms with van der Waals surface area (Å²) in [6.07, 6.45) is 4.84. The van der Waals surface area contributed by atoms with Gasteiger partial charge in [-0.1, -0.05) is 6.07 Å². The van der Waals surface area contributed by atoms with Gasteiger partial charge in [0, 0.05) is 95.3 Å². The SMILES string of the molecule is CN(C)C(=O)N1CCC(N(CCN(C)C(=O)c2cccc3[nH]ccc23)C2CCOCC2)C1. The molecule has 1 atom stereocenters. The van der Waals surface area contributed by atoms with Crippen LogP contribution in [0.5, 0.6) is 0 Å². The molecule has 32 heavy (non-hydrogen) atoms. The Balaban J connectivity index is 1.43. The van der Waals surface area contributed by atoms with Gasteiger partial charge in [0.1, 0.15) is 0 Å². The van der Waals surface area contributed by atoms with Crippen LogP contribution in [0.1, 0.15) is 29.6 Å². The number of H-pyrrole nitrogens is 1. The second-order valence-electron chi connectivity index (χ2n) is 9.12. The van der Waals surface area contributed by atoms with Crippen LogP contribution >= 0.6 is 0 Å². The van der Waals surface area contributed by atoms with Crippen LogP contribution in [0.2, 0.25) is 0 Å². The minimum absolute atomic E-state index is 0.0398. The van der Waals surface area contributed by atoms with Crippen molar-refractivity contribution in [2.45, 2.75) is 31.3 Å². The zero-order valence-electron chi connectivity index (χ0n) is 19.4. The Morgan fingerprint density at radius 1 is 1.06 bits per heavy atom. The average molecular weight is 442 g/mol. The van der Waals surface area contributed by atoms with E-state index in [-0.39, 0.29) is 11.9 Å². The van der Waals surface area contributed by atoms with Crippen LogP contribution in [0.15, 0.2) is 30.5 Å². The standard InChI is InChI=1S/C24H35N5O3/c1-26(2)24(31)28-12-8-19(17-28)29(18-9-15-32-16-10-18)14-13-27(3)23(30)21-5-4-6-22-20(21)7-11-25-22/h4-7,11,18-19,25H,8-10,12-17H2,1-3H3. The molecular formula is C24H35N5O3. The second kappa shape index (κ2) is 9.92. The molecule has 4 rings (SSSR count). The Morgan fingerprint density at radius 3 is 2.59 bits per heavy atom. The molecule has 2 fully saturated rings. The lowest BCUT2D eigenvalue weighted by atomic mass is 10.0. The maximum Gasteiger partial charge on any atom is 0.319 e. The summed E-state index contributed by atoms with van der Waals surface area (Å²) in [6, 6.07) is 8.58. The summed E-state index contributed by atoms with van der Waals surface area (Å²) in [4.78, 5) is 36.8. The van der Waals surface area contributed by atoms with Gasteiger partial charge >= 0.3 is 6.03 Å². The van der Waals surface area contributed by atoms with Crippen LogP contribution in [0, 0.1) is 0 Å². The molecular weight excluding hydrogens is 406 g/mol. The lowest BCUT2D eigenvalue weighted by molar-refractivity contribution is 0.0152. The van der Waals surface area contributed by atoms with Gasteiger partial charge in [-0.05, 0) is 37.5 Å². The molecule has 3 amide bonds. The number of hydrogen-bond donors (Lipinski definition) is 1. The third kappa shape index (κ3) is 4.76. The summed E-state index contributed by atoms with van der Waals surface area (Å²) in [6.45, 7) is 4.52. The number of nitrogens with zero attached hydrogens (tertiary/aromatic N) is 4. The number of ether oxygens (including phenoxy) is 1. The maximum absolute atomic E-state index is 13.2. The topological polar surface area (TPSA) is 72.1 Å². The summed E-state index contributed by atoms with van der Waals surface area (Å²) in [5, 5.41) is 0.958. The van der Waals surface area contributed by atoms with E-state index in [4.69, 9.17) is 4.74 Å². The van der Waals surface area contributed by atoms with Crippen molar-refractivity contribution < 1.29 is 14.3 Å². The highest BCUT2D eigenvalue weighted by Gasteiger charge is 2.35. The van der Waals surface area contributed by atoms with E-state index in [1.165, 1.54) is 0 Å². The van der Waals surface area contributed by atoms with Crippen LogP contribution in [0.3, 0.4) is 0 Å². The first-order chi connectivity index (χ1) is 15.5. The predicted molar refractivity (Wildman–Crippen MR) is 125 cm³/mol. The Kier molecular flexibility index (Phi) is 7.01. The third-order valence-corrected chi connectivity index (χ3v) is 6.81. The molecule has 0 aliphatic carbocycles. The number of urea groups is 1. The number of aromatic nitrogens is 1. The Morgan fingerprint density at radius 2 is 1.84 bits per heavy atom. The number of likely N-dealkylation sites (N-methyl/N-ethyl adjacent to an activating group) is 1. The number of aromatic amines is 1. The van der Waals surface area contributed by atoms with Crippen molar-refractivity contribution in [3.63, 3.8) is 0 Å². The maximum atomic E-state index is 13.2. The monoisotopic (exact) mass is 441 g/mol. The molecule has 1 N–H and O–H groups in total. The first kappa shape index (κ1) is 22.6. The molecule has 1 aromatic heterocycles. The van der Waals surface area contributed by atoms with E-state index in [1.807, 2.05) is 47.3 Å². The summed E-state index contributed by atoms with van der Waals surface area (Å²) < 4.78 is 5.59. The fourth-order valence-corrected chi connectivity index (χ4v) is 4.99. The summed E-state index contributed by atoms with van der Waals surface area (Å²) in [5.41, 5.74) is 1.71. The number of likely N-dealkylation sites (tertiary alicyclic amines) is 1. The molecule has 0 radical (unpaired) electrons. The van der Waals surface area contributed by atoms with Gasteiger partial charge in [-0.3, -0.25) is 9.69 Å². The highest BCUT2D eigenvalue weighted by Crippen LogP contribution is 2.24. The third-order valence-electron chi connectivity index (χ3n) is 6.81. The number of carbonyl (C=O) groups is 2. The minimum atomic E-state index is 0.0398. The molecule has 2 saturated heterocycles. The largest absolute Gasteiger partial charge is 0.381 e. The molecule has 0 spiro atoms. The van der Waals surface area contributed by atoms with Crippen LogP contribution < -0.4 is 0 Å². The highest BCUT2D eigenvalue weighted by atomic mass is 16.5. The van der Waals surface area contributed by atoms with Crippen LogP contribution in [-0.4, -0.2) is 109 Å². The minimum Gasteiger partial charge on any atom is -0.381 e. The summed E-state index contributed by atoms with van der Waals surface area (Å²) in [5.74, 6) is 0.0398. The van der Waals surface area contributed by atoms with Gasteiger partial charge in [-0.15, -0.1) is 0 Å². The lowest BCUT2D eigenvalue weighted by Gasteiger charge is -2.39. The number of fused-ring (bicyclic) bond motifs is 1. The molecule has 1 aromatic carbocycles.